The summed E-state index contributed by atoms with van der Waals surface area (Å²) >= 11 is 0. The van der Waals surface area contributed by atoms with E-state index in [1.165, 1.54) is 30.3 Å². The Bertz CT molecular complexity index is 1230. The van der Waals surface area contributed by atoms with Crippen molar-refractivity contribution >= 4 is 22.4 Å². The average Bonchev–Trinajstić information content (AvgIpc) is 2.82. The predicted octanol–water partition coefficient (Wildman–Crippen LogP) is 7.93. The maximum Gasteiger partial charge on any atom is 0.201 e. The molecular weight excluding hydrogens is 439 g/mol. The van der Waals surface area contributed by atoms with E-state index in [0.717, 1.165) is 12.1 Å². The summed E-state index contributed by atoms with van der Waals surface area (Å²) in [7, 11) is 0. The molecule has 0 saturated heterocycles. The Morgan fingerprint density at radius 1 is 0.758 bits per heavy atom. The monoisotopic (exact) mass is 460 g/mol. The normalized spacial score (nSPS) is 12.6. The molecule has 0 atom stereocenters. The molecule has 172 valence electrons. The van der Waals surface area contributed by atoms with Crippen molar-refractivity contribution in [2.24, 2.45) is 0 Å². The summed E-state index contributed by atoms with van der Waals surface area (Å²) in [6.07, 6.45) is 6.82. The first kappa shape index (κ1) is 24.0. The molecule has 3 aromatic rings. The number of rotatable bonds is 8. The lowest BCUT2D eigenvalue weighted by molar-refractivity contribution is 0.333. The molecule has 0 aliphatic carbocycles. The number of hydrogen-bond acceptors (Lipinski definition) is 2. The van der Waals surface area contributed by atoms with Crippen LogP contribution in [0.4, 0.5) is 22.0 Å². The Balaban J connectivity index is 1.98. The van der Waals surface area contributed by atoms with E-state index in [4.69, 9.17) is 9.47 Å². The molecule has 2 nitrogen and oxygen atoms in total. The highest BCUT2D eigenvalue weighted by Gasteiger charge is 2.23. The lowest BCUT2D eigenvalue weighted by Gasteiger charge is -2.11. The van der Waals surface area contributed by atoms with Crippen LogP contribution in [0, 0.1) is 17.5 Å². The van der Waals surface area contributed by atoms with Crippen LogP contribution in [-0.2, 0) is 0 Å². The van der Waals surface area contributed by atoms with E-state index in [1.54, 1.807) is 31.2 Å². The van der Waals surface area contributed by atoms with Crippen LogP contribution in [0.3, 0.4) is 0 Å². The molecule has 0 N–H and O–H groups in total. The zero-order chi connectivity index (χ0) is 24.0. The second-order valence-corrected chi connectivity index (χ2v) is 6.94. The second kappa shape index (κ2) is 10.8. The SMILES string of the molecule is CC=CCOc1ccc(C(F)=C(F)c2ccc3cc(OCC=CC)c(F)c(F)c3c2F)cc1. The maximum absolute atomic E-state index is 15.0. The van der Waals surface area contributed by atoms with Crippen molar-refractivity contribution in [3.8, 4) is 11.5 Å². The minimum Gasteiger partial charge on any atom is -0.490 e. The second-order valence-electron chi connectivity index (χ2n) is 6.94. The Kier molecular flexibility index (Phi) is 7.87. The Hall–Kier alpha value is -3.61. The van der Waals surface area contributed by atoms with Gasteiger partial charge in [0.25, 0.3) is 0 Å². The van der Waals surface area contributed by atoms with Gasteiger partial charge in [0.2, 0.25) is 5.82 Å². The fraction of sp³-hybridized carbons (Fsp3) is 0.154. The van der Waals surface area contributed by atoms with Gasteiger partial charge < -0.3 is 9.47 Å². The summed E-state index contributed by atoms with van der Waals surface area (Å²) in [5.74, 6) is -7.23. The number of benzene rings is 3. The van der Waals surface area contributed by atoms with Crippen LogP contribution < -0.4 is 9.47 Å². The van der Waals surface area contributed by atoms with E-state index in [0.29, 0.717) is 12.4 Å². The molecule has 33 heavy (non-hydrogen) atoms. The quantitative estimate of drug-likeness (QED) is 0.193. The molecule has 0 aromatic heterocycles. The van der Waals surface area contributed by atoms with Gasteiger partial charge >= 0.3 is 0 Å². The van der Waals surface area contributed by atoms with Gasteiger partial charge in [0.15, 0.2) is 23.2 Å². The minimum atomic E-state index is -1.54. The summed E-state index contributed by atoms with van der Waals surface area (Å²) < 4.78 is 84.1. The van der Waals surface area contributed by atoms with Crippen LogP contribution in [0.1, 0.15) is 25.0 Å². The Morgan fingerprint density at radius 2 is 1.39 bits per heavy atom. The highest BCUT2D eigenvalue weighted by atomic mass is 19.2. The molecule has 0 bridgehead atoms. The summed E-state index contributed by atoms with van der Waals surface area (Å²) in [6.45, 7) is 3.86. The van der Waals surface area contributed by atoms with Crippen molar-refractivity contribution in [3.05, 3.63) is 95.3 Å². The van der Waals surface area contributed by atoms with Gasteiger partial charge in [-0.3, -0.25) is 0 Å². The van der Waals surface area contributed by atoms with E-state index in [9.17, 15) is 22.0 Å². The van der Waals surface area contributed by atoms with Crippen molar-refractivity contribution in [3.63, 3.8) is 0 Å². The van der Waals surface area contributed by atoms with Crippen LogP contribution >= 0.6 is 0 Å². The summed E-state index contributed by atoms with van der Waals surface area (Å²) in [4.78, 5) is 0. The zero-order valence-electron chi connectivity index (χ0n) is 18.0. The third kappa shape index (κ3) is 5.25. The van der Waals surface area contributed by atoms with Crippen molar-refractivity contribution in [1.82, 2.24) is 0 Å². The third-order valence-corrected chi connectivity index (χ3v) is 4.78. The van der Waals surface area contributed by atoms with Gasteiger partial charge in [-0.1, -0.05) is 30.4 Å². The molecule has 3 aromatic carbocycles. The Morgan fingerprint density at radius 3 is 2.03 bits per heavy atom. The largest absolute Gasteiger partial charge is 0.490 e. The van der Waals surface area contributed by atoms with Gasteiger partial charge in [0.05, 0.1) is 5.39 Å². The fourth-order valence-corrected chi connectivity index (χ4v) is 3.05. The van der Waals surface area contributed by atoms with Gasteiger partial charge in [-0.25, -0.2) is 17.6 Å². The first-order valence-corrected chi connectivity index (χ1v) is 10.1. The van der Waals surface area contributed by atoms with E-state index in [2.05, 4.69) is 0 Å². The Labute approximate surface area is 188 Å². The van der Waals surface area contributed by atoms with Crippen LogP contribution in [0.25, 0.3) is 22.4 Å². The van der Waals surface area contributed by atoms with Crippen LogP contribution in [0.2, 0.25) is 0 Å². The highest BCUT2D eigenvalue weighted by molar-refractivity contribution is 5.91. The zero-order valence-corrected chi connectivity index (χ0v) is 18.0. The number of hydrogen-bond donors (Lipinski definition) is 0. The van der Waals surface area contributed by atoms with Gasteiger partial charge in [-0.15, -0.1) is 0 Å². The van der Waals surface area contributed by atoms with Crippen molar-refractivity contribution < 1.29 is 31.4 Å². The molecule has 0 unspecified atom stereocenters. The molecule has 0 amide bonds. The predicted molar refractivity (Wildman–Crippen MR) is 120 cm³/mol. The van der Waals surface area contributed by atoms with E-state index >= 15 is 0 Å². The molecule has 0 aliphatic heterocycles. The lowest BCUT2D eigenvalue weighted by Crippen LogP contribution is -2.01. The number of allylic oxidation sites excluding steroid dienone is 2. The van der Waals surface area contributed by atoms with Crippen molar-refractivity contribution in [2.75, 3.05) is 13.2 Å². The maximum atomic E-state index is 15.0. The number of halogens is 5. The van der Waals surface area contributed by atoms with E-state index in [1.807, 2.05) is 6.92 Å². The number of fused-ring (bicyclic) bond motifs is 1. The first-order chi connectivity index (χ1) is 15.9. The average molecular weight is 460 g/mol. The molecule has 7 heteroatoms. The molecule has 3 rings (SSSR count). The molecule has 0 saturated carbocycles. The van der Waals surface area contributed by atoms with Gasteiger partial charge in [-0.05, 0) is 55.6 Å². The first-order valence-electron chi connectivity index (χ1n) is 10.1. The van der Waals surface area contributed by atoms with Crippen LogP contribution in [0.5, 0.6) is 11.5 Å². The van der Waals surface area contributed by atoms with Crippen LogP contribution in [-0.4, -0.2) is 13.2 Å². The minimum absolute atomic E-state index is 0.0133. The molecule has 0 spiro atoms. The smallest absolute Gasteiger partial charge is 0.201 e. The van der Waals surface area contributed by atoms with E-state index < -0.39 is 45.8 Å². The number of ether oxygens (including phenoxy) is 2. The van der Waals surface area contributed by atoms with Crippen LogP contribution in [0.15, 0.2) is 66.8 Å². The molecule has 0 fully saturated rings. The van der Waals surface area contributed by atoms with Gasteiger partial charge in [-0.2, -0.15) is 4.39 Å². The fourth-order valence-electron chi connectivity index (χ4n) is 3.05. The third-order valence-electron chi connectivity index (χ3n) is 4.78. The molecular formula is C26H21F5O2. The molecule has 0 heterocycles. The molecule has 0 aliphatic rings. The summed E-state index contributed by atoms with van der Waals surface area (Å²) in [5, 5.41) is -0.847. The van der Waals surface area contributed by atoms with Gasteiger partial charge in [0, 0.05) is 11.1 Å². The topological polar surface area (TPSA) is 18.5 Å². The lowest BCUT2D eigenvalue weighted by atomic mass is 10.0. The standard InChI is InChI=1S/C26H21F5O2/c1-3-5-13-32-18-10-7-16(8-11-18)22(27)24(29)19-12-9-17-15-20(33-14-6-4-2)25(30)26(31)21(17)23(19)28/h3-12,15H,13-14H2,1-2H3. The van der Waals surface area contributed by atoms with Crippen molar-refractivity contribution in [2.45, 2.75) is 13.8 Å². The summed E-state index contributed by atoms with van der Waals surface area (Å²) in [5.41, 5.74) is -0.987. The van der Waals surface area contributed by atoms with Gasteiger partial charge in [0.1, 0.15) is 24.8 Å². The highest BCUT2D eigenvalue weighted by Crippen LogP contribution is 2.36. The summed E-state index contributed by atoms with van der Waals surface area (Å²) in [6, 6.07) is 8.66. The van der Waals surface area contributed by atoms with Crippen molar-refractivity contribution in [1.29, 1.82) is 0 Å². The molecule has 0 radical (unpaired) electrons. The van der Waals surface area contributed by atoms with E-state index in [-0.39, 0.29) is 17.6 Å².